The molecule has 0 spiro atoms. The van der Waals surface area contributed by atoms with Crippen LogP contribution in [0.25, 0.3) is 0 Å². The first-order chi connectivity index (χ1) is 16.1. The predicted octanol–water partition coefficient (Wildman–Crippen LogP) is 3.27. The Bertz CT molecular complexity index is 1160. The molecule has 1 aromatic carbocycles. The molecule has 1 atom stereocenters. The van der Waals surface area contributed by atoms with Gasteiger partial charge < -0.3 is 15.1 Å². The lowest BCUT2D eigenvalue weighted by Gasteiger charge is -2.39. The smallest absolute Gasteiger partial charge is 0.245 e. The number of amides is 1. The summed E-state index contributed by atoms with van der Waals surface area (Å²) in [6, 6.07) is 0.766. The minimum Gasteiger partial charge on any atom is -0.371 e. The normalized spacial score (nSPS) is 20.4. The zero-order valence-corrected chi connectivity index (χ0v) is 20.2. The topological polar surface area (TPSA) is 95.5 Å². The average Bonchev–Trinajstić information content (AvgIpc) is 2.97. The summed E-state index contributed by atoms with van der Waals surface area (Å²) in [5, 5.41) is 3.15. The van der Waals surface area contributed by atoms with Crippen molar-refractivity contribution in [3.05, 3.63) is 41.3 Å². The maximum atomic E-state index is 14.6. The molecule has 34 heavy (non-hydrogen) atoms. The van der Waals surface area contributed by atoms with Crippen LogP contribution in [0.4, 0.5) is 20.3 Å². The highest BCUT2D eigenvalue weighted by molar-refractivity contribution is 7.90. The molecule has 2 aromatic rings. The van der Waals surface area contributed by atoms with E-state index in [1.807, 2.05) is 4.90 Å². The second kappa shape index (κ2) is 9.99. The number of anilines is 2. The van der Waals surface area contributed by atoms with Crippen LogP contribution < -0.4 is 10.2 Å². The van der Waals surface area contributed by atoms with Gasteiger partial charge in [-0.15, -0.1) is 0 Å². The predicted molar refractivity (Wildman–Crippen MR) is 125 cm³/mol. The number of piperidine rings is 1. The summed E-state index contributed by atoms with van der Waals surface area (Å²) >= 11 is 5.81. The van der Waals surface area contributed by atoms with Crippen LogP contribution in [-0.4, -0.2) is 67.2 Å². The van der Waals surface area contributed by atoms with E-state index < -0.39 is 32.4 Å². The minimum atomic E-state index is -3.91. The summed E-state index contributed by atoms with van der Waals surface area (Å²) in [4.78, 5) is 25.0. The van der Waals surface area contributed by atoms with Crippen LogP contribution in [0.3, 0.4) is 0 Å². The van der Waals surface area contributed by atoms with Crippen LogP contribution >= 0.6 is 11.6 Å². The molecule has 8 nitrogen and oxygen atoms in total. The standard InChI is InChI=1S/C22H26ClF2N5O3S/c1-34(32,33)19-11-15(24)18(10-16(19)25)28-17-4-2-3-7-30(22(17)31)14-5-8-29(9-6-14)21-13-26-20(23)12-27-21/h10-14,17,28H,2-9H2,1H3/t17-/m0/s1. The largest absolute Gasteiger partial charge is 0.371 e. The van der Waals surface area contributed by atoms with E-state index in [1.165, 1.54) is 6.20 Å². The van der Waals surface area contributed by atoms with E-state index in [4.69, 9.17) is 11.6 Å². The van der Waals surface area contributed by atoms with Gasteiger partial charge in [-0.3, -0.25) is 4.79 Å². The fraction of sp³-hybridized carbons (Fsp3) is 0.500. The summed E-state index contributed by atoms with van der Waals surface area (Å²) in [7, 11) is -3.91. The van der Waals surface area contributed by atoms with Crippen LogP contribution in [-0.2, 0) is 14.6 Å². The number of carbonyl (C=O) groups is 1. The Morgan fingerprint density at radius 2 is 1.76 bits per heavy atom. The molecule has 2 aliphatic rings. The SMILES string of the molecule is CS(=O)(=O)c1cc(F)c(N[C@H]2CCCCN(C3CCN(c4cnc(Cl)cn4)CC3)C2=O)cc1F. The molecule has 0 aliphatic carbocycles. The number of halogens is 3. The van der Waals surface area contributed by atoms with E-state index in [2.05, 4.69) is 20.2 Å². The van der Waals surface area contributed by atoms with Crippen molar-refractivity contribution in [2.75, 3.05) is 36.1 Å². The van der Waals surface area contributed by atoms with Gasteiger partial charge in [0.15, 0.2) is 9.84 Å². The molecule has 2 saturated heterocycles. The van der Waals surface area contributed by atoms with Gasteiger partial charge in [0, 0.05) is 38.0 Å². The second-order valence-electron chi connectivity index (χ2n) is 8.67. The number of rotatable bonds is 5. The summed E-state index contributed by atoms with van der Waals surface area (Å²) in [6.07, 6.45) is 7.48. The van der Waals surface area contributed by atoms with Crippen molar-refractivity contribution in [1.29, 1.82) is 0 Å². The van der Waals surface area contributed by atoms with Gasteiger partial charge in [0.25, 0.3) is 0 Å². The van der Waals surface area contributed by atoms with E-state index in [0.717, 1.165) is 43.8 Å². The van der Waals surface area contributed by atoms with Gasteiger partial charge in [-0.1, -0.05) is 11.6 Å². The highest BCUT2D eigenvalue weighted by Gasteiger charge is 2.34. The Morgan fingerprint density at radius 1 is 1.03 bits per heavy atom. The Morgan fingerprint density at radius 3 is 2.41 bits per heavy atom. The lowest BCUT2D eigenvalue weighted by atomic mass is 10.0. The van der Waals surface area contributed by atoms with Crippen molar-refractivity contribution in [3.63, 3.8) is 0 Å². The molecule has 184 valence electrons. The number of nitrogens with zero attached hydrogens (tertiary/aromatic N) is 4. The van der Waals surface area contributed by atoms with Crippen molar-refractivity contribution < 1.29 is 22.0 Å². The fourth-order valence-corrected chi connectivity index (χ4v) is 5.38. The van der Waals surface area contributed by atoms with Crippen molar-refractivity contribution in [1.82, 2.24) is 14.9 Å². The van der Waals surface area contributed by atoms with Crippen LogP contribution in [0.15, 0.2) is 29.4 Å². The van der Waals surface area contributed by atoms with E-state index in [9.17, 15) is 22.0 Å². The van der Waals surface area contributed by atoms with Gasteiger partial charge in [0.1, 0.15) is 33.5 Å². The number of hydrogen-bond acceptors (Lipinski definition) is 7. The molecule has 1 amide bonds. The number of nitrogens with one attached hydrogen (secondary N) is 1. The molecule has 2 fully saturated rings. The van der Waals surface area contributed by atoms with E-state index in [-0.39, 0.29) is 17.6 Å². The highest BCUT2D eigenvalue weighted by Crippen LogP contribution is 2.28. The molecule has 0 saturated carbocycles. The minimum absolute atomic E-state index is 0.0283. The van der Waals surface area contributed by atoms with Gasteiger partial charge in [0.2, 0.25) is 5.91 Å². The Labute approximate surface area is 202 Å². The third kappa shape index (κ3) is 5.41. The van der Waals surface area contributed by atoms with Crippen LogP contribution in [0.1, 0.15) is 32.1 Å². The molecule has 1 N–H and O–H groups in total. The quantitative estimate of drug-likeness (QED) is 0.655. The van der Waals surface area contributed by atoms with E-state index >= 15 is 0 Å². The molecule has 3 heterocycles. The van der Waals surface area contributed by atoms with Gasteiger partial charge in [-0.2, -0.15) is 0 Å². The van der Waals surface area contributed by atoms with Gasteiger partial charge in [0.05, 0.1) is 18.1 Å². The maximum absolute atomic E-state index is 14.6. The molecule has 0 unspecified atom stereocenters. The molecule has 1 aromatic heterocycles. The number of likely N-dealkylation sites (tertiary alicyclic amines) is 1. The van der Waals surface area contributed by atoms with Gasteiger partial charge in [-0.05, 0) is 38.2 Å². The summed E-state index contributed by atoms with van der Waals surface area (Å²) < 4.78 is 52.2. The lowest BCUT2D eigenvalue weighted by Crippen LogP contribution is -2.51. The second-order valence-corrected chi connectivity index (χ2v) is 11.0. The molecule has 4 rings (SSSR count). The Kier molecular flexibility index (Phi) is 7.22. The molecular formula is C22H26ClF2N5O3S. The molecule has 2 aliphatic heterocycles. The third-order valence-corrected chi connectivity index (χ3v) is 7.62. The number of sulfone groups is 1. The van der Waals surface area contributed by atoms with Crippen molar-refractivity contribution in [3.8, 4) is 0 Å². The maximum Gasteiger partial charge on any atom is 0.245 e. The number of carbonyl (C=O) groups excluding carboxylic acids is 1. The van der Waals surface area contributed by atoms with Crippen molar-refractivity contribution >= 4 is 38.9 Å². The van der Waals surface area contributed by atoms with E-state index in [0.29, 0.717) is 37.3 Å². The van der Waals surface area contributed by atoms with Crippen molar-refractivity contribution in [2.45, 2.75) is 49.1 Å². The lowest BCUT2D eigenvalue weighted by molar-refractivity contribution is -0.134. The fourth-order valence-electron chi connectivity index (χ4n) is 4.55. The van der Waals surface area contributed by atoms with Gasteiger partial charge >= 0.3 is 0 Å². The van der Waals surface area contributed by atoms with Crippen LogP contribution in [0.5, 0.6) is 0 Å². The van der Waals surface area contributed by atoms with Crippen LogP contribution in [0, 0.1) is 11.6 Å². The Balaban J connectivity index is 1.45. The number of aromatic nitrogens is 2. The highest BCUT2D eigenvalue weighted by atomic mass is 35.5. The van der Waals surface area contributed by atoms with Gasteiger partial charge in [-0.25, -0.2) is 27.2 Å². The first-order valence-corrected chi connectivity index (χ1v) is 13.4. The third-order valence-electron chi connectivity index (χ3n) is 6.31. The monoisotopic (exact) mass is 513 g/mol. The van der Waals surface area contributed by atoms with E-state index in [1.54, 1.807) is 6.20 Å². The first-order valence-electron chi connectivity index (χ1n) is 11.1. The summed E-state index contributed by atoms with van der Waals surface area (Å²) in [5.74, 6) is -1.39. The average molecular weight is 514 g/mol. The molecule has 0 radical (unpaired) electrons. The summed E-state index contributed by atoms with van der Waals surface area (Å²) in [6.45, 7) is 2.01. The van der Waals surface area contributed by atoms with Crippen LogP contribution in [0.2, 0.25) is 5.15 Å². The Hall–Kier alpha value is -2.53. The zero-order chi connectivity index (χ0) is 24.5. The zero-order valence-electron chi connectivity index (χ0n) is 18.7. The molecular weight excluding hydrogens is 488 g/mol. The first kappa shape index (κ1) is 24.6. The number of hydrogen-bond donors (Lipinski definition) is 1. The summed E-state index contributed by atoms with van der Waals surface area (Å²) in [5.41, 5.74) is -0.221. The molecule has 0 bridgehead atoms. The van der Waals surface area contributed by atoms with Crippen molar-refractivity contribution in [2.24, 2.45) is 0 Å². The number of benzene rings is 1. The molecule has 12 heteroatoms.